The number of thiazole rings is 1. The molecule has 164 valence electrons. The van der Waals surface area contributed by atoms with Crippen LogP contribution in [0.2, 0.25) is 0 Å². The van der Waals surface area contributed by atoms with Gasteiger partial charge in [-0.15, -0.1) is 11.3 Å². The van der Waals surface area contributed by atoms with Crippen LogP contribution in [0.1, 0.15) is 5.69 Å². The van der Waals surface area contributed by atoms with Crippen LogP contribution in [0.4, 0.5) is 10.9 Å². The molecule has 31 heavy (non-hydrogen) atoms. The third-order valence-corrected chi connectivity index (χ3v) is 5.51. The number of hydrogen-bond donors (Lipinski definition) is 4. The molecule has 0 radical (unpaired) electrons. The number of aromatic nitrogens is 2. The molecule has 3 amide bonds. The number of nitrogens with two attached hydrogens (primary N) is 1. The number of nitrogens with one attached hydrogen (secondary N) is 2. The standard InChI is InChI=1S/C15H15N7O7S2/c1-29-21-9(7-6-30-15(16)18-7)12(23)20-10-11(22(14(10)25)31(26,27)28)13(24)19-8-4-2-3-5-17-8/h2-6,10-11H,1H3,(H2,16,18)(H,20,23)(H,17,19,24)(H,26,27,28)/t10-,11-/m1/s1. The second kappa shape index (κ2) is 8.62. The first kappa shape index (κ1) is 22.1. The van der Waals surface area contributed by atoms with Crippen LogP contribution in [-0.4, -0.2) is 69.9 Å². The highest BCUT2D eigenvalue weighted by atomic mass is 32.2. The van der Waals surface area contributed by atoms with E-state index in [1.54, 1.807) is 12.1 Å². The molecule has 2 aromatic heterocycles. The number of carbonyl (C=O) groups excluding carboxylic acids is 3. The van der Waals surface area contributed by atoms with Gasteiger partial charge in [-0.2, -0.15) is 12.7 Å². The summed E-state index contributed by atoms with van der Waals surface area (Å²) >= 11 is 1.02. The summed E-state index contributed by atoms with van der Waals surface area (Å²) in [6, 6.07) is 1.15. The first-order valence-corrected chi connectivity index (χ1v) is 10.6. The van der Waals surface area contributed by atoms with Crippen LogP contribution in [-0.2, 0) is 29.5 Å². The van der Waals surface area contributed by atoms with Crippen LogP contribution in [0.25, 0.3) is 0 Å². The maximum atomic E-state index is 12.6. The summed E-state index contributed by atoms with van der Waals surface area (Å²) in [6.45, 7) is 0. The number of carbonyl (C=O) groups is 3. The number of oxime groups is 1. The molecule has 0 aliphatic carbocycles. The van der Waals surface area contributed by atoms with Crippen LogP contribution in [0.15, 0.2) is 34.9 Å². The molecule has 0 spiro atoms. The highest BCUT2D eigenvalue weighted by Gasteiger charge is 2.58. The molecule has 14 nitrogen and oxygen atoms in total. The molecule has 3 rings (SSSR count). The molecule has 1 fully saturated rings. The number of hydrogen-bond acceptors (Lipinski definition) is 11. The van der Waals surface area contributed by atoms with Gasteiger partial charge in [0.05, 0.1) is 0 Å². The topological polar surface area (TPSA) is 206 Å². The van der Waals surface area contributed by atoms with Crippen molar-refractivity contribution in [2.45, 2.75) is 12.1 Å². The van der Waals surface area contributed by atoms with E-state index in [4.69, 9.17) is 5.73 Å². The van der Waals surface area contributed by atoms with Gasteiger partial charge in [0.15, 0.2) is 16.9 Å². The van der Waals surface area contributed by atoms with Gasteiger partial charge in [0.1, 0.15) is 24.7 Å². The lowest BCUT2D eigenvalue weighted by Crippen LogP contribution is -2.75. The maximum absolute atomic E-state index is 12.6. The Labute approximate surface area is 179 Å². The summed E-state index contributed by atoms with van der Waals surface area (Å²) in [4.78, 5) is 49.9. The fourth-order valence-corrected chi connectivity index (χ4v) is 4.05. The van der Waals surface area contributed by atoms with E-state index in [0.717, 1.165) is 11.3 Å². The summed E-state index contributed by atoms with van der Waals surface area (Å²) in [5, 5.41) is 9.59. The molecular weight excluding hydrogens is 454 g/mol. The molecule has 5 N–H and O–H groups in total. The zero-order valence-electron chi connectivity index (χ0n) is 15.6. The van der Waals surface area contributed by atoms with Crippen molar-refractivity contribution in [2.75, 3.05) is 18.2 Å². The fourth-order valence-electron chi connectivity index (χ4n) is 2.66. The van der Waals surface area contributed by atoms with Gasteiger partial charge < -0.3 is 21.2 Å². The van der Waals surface area contributed by atoms with Gasteiger partial charge in [-0.05, 0) is 12.1 Å². The predicted molar refractivity (Wildman–Crippen MR) is 107 cm³/mol. The molecule has 0 saturated carbocycles. The molecule has 0 aromatic carbocycles. The Morgan fingerprint density at radius 1 is 1.39 bits per heavy atom. The molecule has 1 saturated heterocycles. The van der Waals surface area contributed by atoms with Crippen molar-refractivity contribution >= 4 is 56.0 Å². The first-order chi connectivity index (χ1) is 14.6. The zero-order chi connectivity index (χ0) is 22.8. The van der Waals surface area contributed by atoms with E-state index in [-0.39, 0.29) is 26.7 Å². The first-order valence-electron chi connectivity index (χ1n) is 8.29. The van der Waals surface area contributed by atoms with Crippen LogP contribution in [0.5, 0.6) is 0 Å². The number of β-lactam (4-membered cyclic amide) rings is 1. The van der Waals surface area contributed by atoms with E-state index in [1.165, 1.54) is 24.8 Å². The zero-order valence-corrected chi connectivity index (χ0v) is 17.3. The van der Waals surface area contributed by atoms with E-state index in [1.807, 2.05) is 0 Å². The third-order valence-electron chi connectivity index (χ3n) is 3.93. The van der Waals surface area contributed by atoms with Gasteiger partial charge in [0.25, 0.3) is 17.7 Å². The smallest absolute Gasteiger partial charge is 0.363 e. The minimum absolute atomic E-state index is 0.0368. The Morgan fingerprint density at radius 3 is 2.68 bits per heavy atom. The Kier molecular flexibility index (Phi) is 6.14. The molecule has 1 aliphatic heterocycles. The second-order valence-corrected chi connectivity index (χ2v) is 8.08. The van der Waals surface area contributed by atoms with Crippen LogP contribution < -0.4 is 16.4 Å². The van der Waals surface area contributed by atoms with Gasteiger partial charge in [-0.25, -0.2) is 9.97 Å². The molecule has 0 bridgehead atoms. The van der Waals surface area contributed by atoms with Crippen molar-refractivity contribution in [3.05, 3.63) is 35.5 Å². The molecule has 0 unspecified atom stereocenters. The van der Waals surface area contributed by atoms with Crippen LogP contribution in [0, 0.1) is 0 Å². The summed E-state index contributed by atoms with van der Waals surface area (Å²) in [5.41, 5.74) is 5.21. The second-order valence-electron chi connectivity index (χ2n) is 5.91. The third kappa shape index (κ3) is 4.60. The summed E-state index contributed by atoms with van der Waals surface area (Å²) in [5.74, 6) is -3.17. The lowest BCUT2D eigenvalue weighted by molar-refractivity contribution is -0.150. The van der Waals surface area contributed by atoms with Crippen molar-refractivity contribution in [3.63, 3.8) is 0 Å². The van der Waals surface area contributed by atoms with E-state index in [0.29, 0.717) is 0 Å². The average Bonchev–Trinajstić information content (AvgIpc) is 3.13. The number of nitrogens with zero attached hydrogens (tertiary/aromatic N) is 4. The van der Waals surface area contributed by atoms with Crippen molar-refractivity contribution in [1.29, 1.82) is 0 Å². The van der Waals surface area contributed by atoms with Crippen LogP contribution in [0.3, 0.4) is 0 Å². The normalized spacial score (nSPS) is 18.8. The van der Waals surface area contributed by atoms with E-state index >= 15 is 0 Å². The highest BCUT2D eigenvalue weighted by Crippen LogP contribution is 2.25. The molecule has 16 heteroatoms. The minimum Gasteiger partial charge on any atom is -0.398 e. The monoisotopic (exact) mass is 469 g/mol. The Morgan fingerprint density at radius 2 is 2.13 bits per heavy atom. The van der Waals surface area contributed by atoms with Crippen molar-refractivity contribution in [1.82, 2.24) is 19.6 Å². The summed E-state index contributed by atoms with van der Waals surface area (Å²) in [6.07, 6.45) is 1.37. The van der Waals surface area contributed by atoms with Crippen molar-refractivity contribution in [2.24, 2.45) is 5.16 Å². The Hall–Kier alpha value is -3.63. The number of amides is 3. The summed E-state index contributed by atoms with van der Waals surface area (Å²) < 4.78 is 32.4. The maximum Gasteiger partial charge on any atom is 0.363 e. The SMILES string of the molecule is CON=C(C(=O)N[C@H]1C(=O)N(S(=O)(=O)O)[C@H]1C(=O)Nc1ccccn1)c1csc(N)n1. The number of nitrogen functional groups attached to an aromatic ring is 1. The van der Waals surface area contributed by atoms with Gasteiger partial charge >= 0.3 is 10.3 Å². The molecule has 2 aromatic rings. The average molecular weight is 469 g/mol. The van der Waals surface area contributed by atoms with Gasteiger partial charge in [0.2, 0.25) is 0 Å². The van der Waals surface area contributed by atoms with Gasteiger partial charge in [-0.3, -0.25) is 18.9 Å². The molecule has 1 aliphatic rings. The minimum atomic E-state index is -5.08. The van der Waals surface area contributed by atoms with Crippen LogP contribution >= 0.6 is 11.3 Å². The molecule has 2 atom stereocenters. The van der Waals surface area contributed by atoms with Gasteiger partial charge in [-0.1, -0.05) is 11.2 Å². The predicted octanol–water partition coefficient (Wildman–Crippen LogP) is -1.39. The number of rotatable bonds is 7. The molecule has 3 heterocycles. The summed E-state index contributed by atoms with van der Waals surface area (Å²) in [7, 11) is -3.91. The lowest BCUT2D eigenvalue weighted by atomic mass is 9.97. The number of anilines is 2. The van der Waals surface area contributed by atoms with Crippen molar-refractivity contribution < 1.29 is 32.2 Å². The van der Waals surface area contributed by atoms with E-state index in [9.17, 15) is 27.4 Å². The fraction of sp³-hybridized carbons (Fsp3) is 0.200. The number of pyridine rings is 1. The van der Waals surface area contributed by atoms with E-state index < -0.39 is 40.1 Å². The Balaban J connectivity index is 1.85. The Bertz CT molecular complexity index is 1150. The largest absolute Gasteiger partial charge is 0.398 e. The lowest BCUT2D eigenvalue weighted by Gasteiger charge is -2.42. The van der Waals surface area contributed by atoms with Gasteiger partial charge in [0, 0.05) is 11.6 Å². The quantitative estimate of drug-likeness (QED) is 0.161. The highest BCUT2D eigenvalue weighted by molar-refractivity contribution is 7.84. The molecular formula is C15H15N7O7S2. The van der Waals surface area contributed by atoms with Crippen molar-refractivity contribution in [3.8, 4) is 0 Å². The van der Waals surface area contributed by atoms with E-state index in [2.05, 4.69) is 30.6 Å².